The summed E-state index contributed by atoms with van der Waals surface area (Å²) in [6, 6.07) is 20.1. The van der Waals surface area contributed by atoms with Crippen LogP contribution in [0.2, 0.25) is 0 Å². The molecule has 0 aromatic heterocycles. The number of aliphatic imine (C=N–C) groups is 1. The number of hydrogen-bond acceptors (Lipinski definition) is 2. The first kappa shape index (κ1) is 16.3. The molecule has 0 spiro atoms. The van der Waals surface area contributed by atoms with Gasteiger partial charge in [0.05, 0.1) is 6.54 Å². The molecule has 1 N–H and O–H groups in total. The van der Waals surface area contributed by atoms with Crippen LogP contribution in [0.5, 0.6) is 0 Å². The molecule has 116 valence electrons. The van der Waals surface area contributed by atoms with Gasteiger partial charge in [0, 0.05) is 13.1 Å². The average Bonchev–Trinajstić information content (AvgIpc) is 2.60. The van der Waals surface area contributed by atoms with Crippen molar-refractivity contribution in [3.05, 3.63) is 84.4 Å². The monoisotopic (exact) mass is 304 g/mol. The summed E-state index contributed by atoms with van der Waals surface area (Å²) in [4.78, 5) is 6.55. The fourth-order valence-corrected chi connectivity index (χ4v) is 2.20. The number of benzene rings is 2. The van der Waals surface area contributed by atoms with Crippen molar-refractivity contribution >= 4 is 5.96 Å². The molecule has 0 saturated heterocycles. The highest BCUT2D eigenvalue weighted by Crippen LogP contribution is 2.07. The van der Waals surface area contributed by atoms with Crippen LogP contribution >= 0.6 is 0 Å². The maximum Gasteiger partial charge on any atom is 0.208 e. The summed E-state index contributed by atoms with van der Waals surface area (Å²) in [7, 11) is 0. The van der Waals surface area contributed by atoms with Gasteiger partial charge in [-0.1, -0.05) is 66.7 Å². The lowest BCUT2D eigenvalue weighted by Gasteiger charge is -2.23. The van der Waals surface area contributed by atoms with Crippen LogP contribution in [0.3, 0.4) is 0 Å². The second-order valence-electron chi connectivity index (χ2n) is 5.02. The summed E-state index contributed by atoms with van der Waals surface area (Å²) in [6.07, 6.45) is 3.78. The van der Waals surface area contributed by atoms with Gasteiger partial charge in [0.15, 0.2) is 6.19 Å². The van der Waals surface area contributed by atoms with Gasteiger partial charge < -0.3 is 4.90 Å². The first-order chi connectivity index (χ1) is 11.3. The molecule has 0 fully saturated rings. The van der Waals surface area contributed by atoms with Crippen LogP contribution in [-0.4, -0.2) is 17.4 Å². The van der Waals surface area contributed by atoms with E-state index in [1.54, 1.807) is 6.08 Å². The van der Waals surface area contributed by atoms with Crippen LogP contribution in [-0.2, 0) is 13.1 Å². The zero-order valence-electron chi connectivity index (χ0n) is 13.0. The van der Waals surface area contributed by atoms with E-state index >= 15 is 0 Å². The van der Waals surface area contributed by atoms with Crippen LogP contribution in [0.1, 0.15) is 11.1 Å². The fourth-order valence-electron chi connectivity index (χ4n) is 2.20. The Labute approximate surface area is 137 Å². The molecule has 0 aliphatic rings. The Bertz CT molecular complexity index is 672. The molecule has 4 heteroatoms. The molecule has 0 amide bonds. The number of nitrogens with zero attached hydrogens (tertiary/aromatic N) is 3. The Morgan fingerprint density at radius 1 is 1.09 bits per heavy atom. The molecule has 23 heavy (non-hydrogen) atoms. The zero-order valence-corrected chi connectivity index (χ0v) is 13.0. The smallest absolute Gasteiger partial charge is 0.208 e. The molecule has 0 atom stereocenters. The van der Waals surface area contributed by atoms with Gasteiger partial charge in [-0.05, 0) is 11.1 Å². The van der Waals surface area contributed by atoms with Crippen molar-refractivity contribution in [2.45, 2.75) is 13.1 Å². The Kier molecular flexibility index (Phi) is 6.43. The minimum absolute atomic E-state index is 0.521. The minimum Gasteiger partial charge on any atom is -0.334 e. The lowest BCUT2D eigenvalue weighted by atomic mass is 10.2. The first-order valence-electron chi connectivity index (χ1n) is 7.46. The largest absolute Gasteiger partial charge is 0.334 e. The van der Waals surface area contributed by atoms with E-state index in [1.165, 1.54) is 0 Å². The van der Waals surface area contributed by atoms with Gasteiger partial charge in [0.25, 0.3) is 0 Å². The SMILES string of the molecule is C=CCN(Cc1ccccc1)C(=NCc1ccccc1)NC#N. The Morgan fingerprint density at radius 3 is 2.26 bits per heavy atom. The molecule has 0 bridgehead atoms. The maximum atomic E-state index is 9.02. The molecule has 4 nitrogen and oxygen atoms in total. The van der Waals surface area contributed by atoms with Crippen LogP contribution < -0.4 is 5.32 Å². The molecule has 0 aliphatic carbocycles. The second kappa shape index (κ2) is 9.06. The Balaban J connectivity index is 2.16. The lowest BCUT2D eigenvalue weighted by molar-refractivity contribution is 0.442. The van der Waals surface area contributed by atoms with E-state index < -0.39 is 0 Å². The molecule has 0 aliphatic heterocycles. The maximum absolute atomic E-state index is 9.02. The van der Waals surface area contributed by atoms with E-state index in [0.717, 1.165) is 11.1 Å². The molecule has 0 radical (unpaired) electrons. The quantitative estimate of drug-likeness (QED) is 0.293. The molecule has 0 saturated carbocycles. The van der Waals surface area contributed by atoms with E-state index in [0.29, 0.717) is 25.6 Å². The Hall–Kier alpha value is -3.06. The van der Waals surface area contributed by atoms with Crippen LogP contribution in [0.15, 0.2) is 78.3 Å². The molecule has 0 heterocycles. The van der Waals surface area contributed by atoms with Crippen LogP contribution in [0.25, 0.3) is 0 Å². The van der Waals surface area contributed by atoms with Crippen molar-refractivity contribution in [2.24, 2.45) is 4.99 Å². The van der Waals surface area contributed by atoms with Crippen LogP contribution in [0.4, 0.5) is 0 Å². The van der Waals surface area contributed by atoms with Gasteiger partial charge >= 0.3 is 0 Å². The second-order valence-corrected chi connectivity index (χ2v) is 5.02. The summed E-state index contributed by atoms with van der Waals surface area (Å²) in [6.45, 7) is 5.59. The number of rotatable bonds is 6. The zero-order chi connectivity index (χ0) is 16.3. The summed E-state index contributed by atoms with van der Waals surface area (Å²) in [5.41, 5.74) is 2.25. The third-order valence-corrected chi connectivity index (χ3v) is 3.29. The van der Waals surface area contributed by atoms with E-state index in [1.807, 2.05) is 59.6 Å². The van der Waals surface area contributed by atoms with Gasteiger partial charge in [0.1, 0.15) is 0 Å². The highest BCUT2D eigenvalue weighted by molar-refractivity contribution is 5.81. The number of nitriles is 1. The lowest BCUT2D eigenvalue weighted by Crippen LogP contribution is -2.39. The average molecular weight is 304 g/mol. The standard InChI is InChI=1S/C19H20N4/c1-2-13-23(15-18-11-7-4-8-12-18)19(22-16-20)21-14-17-9-5-3-6-10-17/h2-12H,1,13-15H2,(H,21,22). The van der Waals surface area contributed by atoms with Crippen LogP contribution in [0, 0.1) is 11.5 Å². The van der Waals surface area contributed by atoms with Gasteiger partial charge in [-0.2, -0.15) is 5.26 Å². The summed E-state index contributed by atoms with van der Waals surface area (Å²) < 4.78 is 0. The van der Waals surface area contributed by atoms with Crippen molar-refractivity contribution < 1.29 is 0 Å². The first-order valence-corrected chi connectivity index (χ1v) is 7.46. The third kappa shape index (κ3) is 5.33. The number of guanidine groups is 1. The van der Waals surface area contributed by atoms with Crippen molar-refractivity contribution in [3.8, 4) is 6.19 Å². The highest BCUT2D eigenvalue weighted by Gasteiger charge is 2.10. The van der Waals surface area contributed by atoms with E-state index in [9.17, 15) is 0 Å². The van der Waals surface area contributed by atoms with E-state index in [4.69, 9.17) is 5.26 Å². The van der Waals surface area contributed by atoms with Gasteiger partial charge in [0.2, 0.25) is 5.96 Å². The minimum atomic E-state index is 0.521. The predicted molar refractivity (Wildman–Crippen MR) is 93.4 cm³/mol. The van der Waals surface area contributed by atoms with E-state index in [2.05, 4.69) is 29.0 Å². The van der Waals surface area contributed by atoms with Gasteiger partial charge in [-0.3, -0.25) is 5.32 Å². The van der Waals surface area contributed by atoms with Gasteiger partial charge in [-0.25, -0.2) is 4.99 Å². The predicted octanol–water partition coefficient (Wildman–Crippen LogP) is 3.30. The molecular weight excluding hydrogens is 284 g/mol. The summed E-state index contributed by atoms with van der Waals surface area (Å²) in [5.74, 6) is 0.556. The van der Waals surface area contributed by atoms with Gasteiger partial charge in [-0.15, -0.1) is 6.58 Å². The normalized spacial score (nSPS) is 10.7. The fraction of sp³-hybridized carbons (Fsp3) is 0.158. The van der Waals surface area contributed by atoms with Crippen molar-refractivity contribution in [1.82, 2.24) is 10.2 Å². The molecular formula is C19H20N4. The third-order valence-electron chi connectivity index (χ3n) is 3.29. The molecule has 2 aromatic rings. The molecule has 2 aromatic carbocycles. The van der Waals surface area contributed by atoms with Crippen molar-refractivity contribution in [3.63, 3.8) is 0 Å². The topological polar surface area (TPSA) is 51.4 Å². The summed E-state index contributed by atoms with van der Waals surface area (Å²) >= 11 is 0. The van der Waals surface area contributed by atoms with E-state index in [-0.39, 0.29) is 0 Å². The van der Waals surface area contributed by atoms with Crippen molar-refractivity contribution in [1.29, 1.82) is 5.26 Å². The molecule has 2 rings (SSSR count). The number of hydrogen-bond donors (Lipinski definition) is 1. The van der Waals surface area contributed by atoms with Crippen molar-refractivity contribution in [2.75, 3.05) is 6.54 Å². The Morgan fingerprint density at radius 2 is 1.70 bits per heavy atom. The summed E-state index contributed by atoms with van der Waals surface area (Å²) in [5, 5.41) is 11.7. The number of nitrogens with one attached hydrogen (secondary N) is 1. The highest BCUT2D eigenvalue weighted by atomic mass is 15.3. The molecule has 0 unspecified atom stereocenters.